The van der Waals surface area contributed by atoms with Crippen LogP contribution in [0.1, 0.15) is 86.2 Å². The van der Waals surface area contributed by atoms with Crippen molar-refractivity contribution in [2.45, 2.75) is 71.8 Å². The molecule has 0 amide bonds. The number of carbonyl (C=O) groups excluding carboxylic acids is 2. The Bertz CT molecular complexity index is 970. The number of rotatable bonds is 6. The Morgan fingerprint density at radius 3 is 2.29 bits per heavy atom. The molecule has 0 aromatic heterocycles. The molecule has 0 N–H and O–H groups in total. The first-order valence-corrected chi connectivity index (χ1v) is 10.9. The van der Waals surface area contributed by atoms with Crippen LogP contribution in [0.15, 0.2) is 36.4 Å². The summed E-state index contributed by atoms with van der Waals surface area (Å²) >= 11 is 0. The van der Waals surface area contributed by atoms with Crippen LogP contribution in [0.3, 0.4) is 0 Å². The number of aryl methyl sites for hydroxylation is 1. The second-order valence-electron chi connectivity index (χ2n) is 9.31. The van der Waals surface area contributed by atoms with Gasteiger partial charge in [-0.15, -0.1) is 0 Å². The summed E-state index contributed by atoms with van der Waals surface area (Å²) in [6.07, 6.45) is 2.51. The summed E-state index contributed by atoms with van der Waals surface area (Å²) in [6.45, 7) is 12.7. The highest BCUT2D eigenvalue weighted by Crippen LogP contribution is 2.45. The number of esters is 2. The van der Waals surface area contributed by atoms with Crippen molar-refractivity contribution in [3.05, 3.63) is 58.7 Å². The summed E-state index contributed by atoms with van der Waals surface area (Å²) in [5, 5.41) is 0. The molecule has 2 aromatic carbocycles. The van der Waals surface area contributed by atoms with E-state index >= 15 is 0 Å². The summed E-state index contributed by atoms with van der Waals surface area (Å²) in [4.78, 5) is 24.9. The van der Waals surface area contributed by atoms with Crippen molar-refractivity contribution in [2.24, 2.45) is 0 Å². The number of carbonyl (C=O) groups is 2. The van der Waals surface area contributed by atoms with Gasteiger partial charge in [-0.25, -0.2) is 9.59 Å². The molecule has 1 aliphatic rings. The number of hydrogen-bond acceptors (Lipinski definition) is 5. The minimum absolute atomic E-state index is 0.127. The van der Waals surface area contributed by atoms with Crippen LogP contribution in [-0.2, 0) is 16.6 Å². The lowest BCUT2D eigenvalue weighted by molar-refractivity contribution is 0.0521. The van der Waals surface area contributed by atoms with E-state index in [0.29, 0.717) is 23.5 Å². The van der Waals surface area contributed by atoms with Gasteiger partial charge in [0.25, 0.3) is 0 Å². The Morgan fingerprint density at radius 2 is 1.68 bits per heavy atom. The second-order valence-corrected chi connectivity index (χ2v) is 9.31. The van der Waals surface area contributed by atoms with Gasteiger partial charge < -0.3 is 14.2 Å². The standard InChI is InChI=1S/C26H32O5/c1-7-9-18-14-22-21(25(3,4)16-26(5,6)31-22)15-20(18)24(28)30-19-12-10-17(11-13-19)23(27)29-8-2/h10-15H,7-9,16H2,1-6H3. The quantitative estimate of drug-likeness (QED) is 0.428. The van der Waals surface area contributed by atoms with Gasteiger partial charge in [-0.2, -0.15) is 0 Å². The van der Waals surface area contributed by atoms with Crippen LogP contribution in [0.2, 0.25) is 0 Å². The molecule has 3 rings (SSSR count). The van der Waals surface area contributed by atoms with Crippen molar-refractivity contribution >= 4 is 11.9 Å². The third-order valence-corrected chi connectivity index (χ3v) is 5.50. The number of fused-ring (bicyclic) bond motifs is 1. The zero-order valence-corrected chi connectivity index (χ0v) is 19.3. The summed E-state index contributed by atoms with van der Waals surface area (Å²) in [6, 6.07) is 10.3. The summed E-state index contributed by atoms with van der Waals surface area (Å²) in [5.74, 6) is 0.427. The molecular weight excluding hydrogens is 392 g/mol. The zero-order chi connectivity index (χ0) is 22.8. The summed E-state index contributed by atoms with van der Waals surface area (Å²) in [7, 11) is 0. The minimum atomic E-state index is -0.407. The van der Waals surface area contributed by atoms with Crippen molar-refractivity contribution < 1.29 is 23.8 Å². The first kappa shape index (κ1) is 22.9. The molecule has 0 spiro atoms. The maximum atomic E-state index is 13.1. The molecular formula is C26H32O5. The lowest BCUT2D eigenvalue weighted by atomic mass is 9.73. The molecule has 166 valence electrons. The minimum Gasteiger partial charge on any atom is -0.488 e. The van der Waals surface area contributed by atoms with Gasteiger partial charge >= 0.3 is 11.9 Å². The van der Waals surface area contributed by atoms with Gasteiger partial charge in [0, 0.05) is 5.56 Å². The van der Waals surface area contributed by atoms with E-state index < -0.39 is 11.9 Å². The van der Waals surface area contributed by atoms with E-state index in [2.05, 4.69) is 34.6 Å². The number of benzene rings is 2. The van der Waals surface area contributed by atoms with Gasteiger partial charge in [0.1, 0.15) is 17.1 Å². The molecule has 2 aromatic rings. The summed E-state index contributed by atoms with van der Waals surface area (Å²) < 4.78 is 16.9. The van der Waals surface area contributed by atoms with E-state index in [1.165, 1.54) is 0 Å². The molecule has 31 heavy (non-hydrogen) atoms. The molecule has 0 saturated carbocycles. The maximum Gasteiger partial charge on any atom is 0.343 e. The molecule has 1 heterocycles. The van der Waals surface area contributed by atoms with Crippen LogP contribution in [-0.4, -0.2) is 24.1 Å². The Kier molecular flexibility index (Phi) is 6.44. The van der Waals surface area contributed by atoms with Crippen LogP contribution in [0.5, 0.6) is 11.5 Å². The fraction of sp³-hybridized carbons (Fsp3) is 0.462. The Morgan fingerprint density at radius 1 is 1.00 bits per heavy atom. The lowest BCUT2D eigenvalue weighted by Gasteiger charge is -2.42. The van der Waals surface area contributed by atoms with Crippen LogP contribution < -0.4 is 9.47 Å². The molecule has 0 aliphatic carbocycles. The van der Waals surface area contributed by atoms with Crippen molar-refractivity contribution in [1.29, 1.82) is 0 Å². The zero-order valence-electron chi connectivity index (χ0n) is 19.3. The second kappa shape index (κ2) is 8.74. The third kappa shape index (κ3) is 5.09. The molecule has 0 saturated heterocycles. The predicted octanol–water partition coefficient (Wildman–Crippen LogP) is 5.87. The van der Waals surface area contributed by atoms with Gasteiger partial charge in [0.05, 0.1) is 17.7 Å². The number of hydrogen-bond donors (Lipinski definition) is 0. The van der Waals surface area contributed by atoms with E-state index in [1.54, 1.807) is 31.2 Å². The fourth-order valence-corrected chi connectivity index (χ4v) is 4.43. The van der Waals surface area contributed by atoms with Gasteiger partial charge in [0.2, 0.25) is 0 Å². The average Bonchev–Trinajstić information content (AvgIpc) is 2.67. The molecule has 0 unspecified atom stereocenters. The molecule has 0 bridgehead atoms. The van der Waals surface area contributed by atoms with E-state index in [4.69, 9.17) is 14.2 Å². The van der Waals surface area contributed by atoms with Crippen molar-refractivity contribution in [1.82, 2.24) is 0 Å². The maximum absolute atomic E-state index is 13.1. The van der Waals surface area contributed by atoms with Crippen LogP contribution >= 0.6 is 0 Å². The third-order valence-electron chi connectivity index (χ3n) is 5.50. The first-order valence-electron chi connectivity index (χ1n) is 10.9. The van der Waals surface area contributed by atoms with Gasteiger partial charge in [-0.1, -0.05) is 27.2 Å². The number of ether oxygens (including phenoxy) is 3. The Balaban J connectivity index is 1.91. The van der Waals surface area contributed by atoms with E-state index in [-0.39, 0.29) is 11.0 Å². The van der Waals surface area contributed by atoms with Crippen LogP contribution in [0.25, 0.3) is 0 Å². The molecule has 0 atom stereocenters. The predicted molar refractivity (Wildman–Crippen MR) is 120 cm³/mol. The summed E-state index contributed by atoms with van der Waals surface area (Å²) in [5.41, 5.74) is 2.54. The first-order chi connectivity index (χ1) is 14.6. The fourth-order valence-electron chi connectivity index (χ4n) is 4.43. The molecule has 1 aliphatic heterocycles. The molecule has 0 fully saturated rings. The lowest BCUT2D eigenvalue weighted by Crippen LogP contribution is -2.41. The normalized spacial score (nSPS) is 16.1. The van der Waals surface area contributed by atoms with Crippen molar-refractivity contribution in [2.75, 3.05) is 6.61 Å². The smallest absolute Gasteiger partial charge is 0.343 e. The van der Waals surface area contributed by atoms with Gasteiger partial charge in [-0.3, -0.25) is 0 Å². The molecule has 5 heteroatoms. The molecule has 0 radical (unpaired) electrons. The Hall–Kier alpha value is -2.82. The molecule has 5 nitrogen and oxygen atoms in total. The van der Waals surface area contributed by atoms with Crippen molar-refractivity contribution in [3.8, 4) is 11.5 Å². The van der Waals surface area contributed by atoms with Gasteiger partial charge in [-0.05, 0) is 81.0 Å². The van der Waals surface area contributed by atoms with E-state index in [9.17, 15) is 9.59 Å². The topological polar surface area (TPSA) is 61.8 Å². The highest BCUT2D eigenvalue weighted by atomic mass is 16.5. The van der Waals surface area contributed by atoms with Gasteiger partial charge in [0.15, 0.2) is 0 Å². The van der Waals surface area contributed by atoms with Crippen LogP contribution in [0, 0.1) is 0 Å². The Labute approximate surface area is 184 Å². The highest BCUT2D eigenvalue weighted by Gasteiger charge is 2.40. The average molecular weight is 425 g/mol. The SMILES string of the molecule is CCCc1cc2c(cc1C(=O)Oc1ccc(C(=O)OCC)cc1)C(C)(C)CC(C)(C)O2. The highest BCUT2D eigenvalue weighted by molar-refractivity contribution is 5.94. The van der Waals surface area contributed by atoms with Crippen LogP contribution in [0.4, 0.5) is 0 Å². The largest absolute Gasteiger partial charge is 0.488 e. The van der Waals surface area contributed by atoms with E-state index in [0.717, 1.165) is 36.1 Å². The monoisotopic (exact) mass is 424 g/mol. The van der Waals surface area contributed by atoms with Crippen molar-refractivity contribution in [3.63, 3.8) is 0 Å². The van der Waals surface area contributed by atoms with E-state index in [1.807, 2.05) is 12.1 Å².